The maximum Gasteiger partial charge on any atom is 0.335 e. The van der Waals surface area contributed by atoms with Gasteiger partial charge in [-0.3, -0.25) is 9.47 Å². The molecule has 0 radical (unpaired) electrons. The van der Waals surface area contributed by atoms with E-state index in [1.165, 1.54) is 38.5 Å². The summed E-state index contributed by atoms with van der Waals surface area (Å²) in [7, 11) is 0. The summed E-state index contributed by atoms with van der Waals surface area (Å²) in [6, 6.07) is 1.88. The zero-order chi connectivity index (χ0) is 19.8. The first-order valence-corrected chi connectivity index (χ1v) is 11.1. The van der Waals surface area contributed by atoms with Gasteiger partial charge in [0.15, 0.2) is 0 Å². The van der Waals surface area contributed by atoms with Crippen LogP contribution in [0.3, 0.4) is 0 Å². The number of imidazole rings is 1. The summed E-state index contributed by atoms with van der Waals surface area (Å²) in [4.78, 5) is 28.9. The van der Waals surface area contributed by atoms with Crippen LogP contribution in [-0.2, 0) is 0 Å². The van der Waals surface area contributed by atoms with Crippen LogP contribution in [0.1, 0.15) is 64.1 Å². The largest absolute Gasteiger partial charge is 0.335 e. The van der Waals surface area contributed by atoms with Crippen molar-refractivity contribution < 1.29 is 4.79 Å². The van der Waals surface area contributed by atoms with Crippen LogP contribution in [0.4, 0.5) is 10.6 Å². The Bertz CT molecular complexity index is 888. The molecular weight excluding hydrogens is 370 g/mol. The fourth-order valence-electron chi connectivity index (χ4n) is 3.40. The van der Waals surface area contributed by atoms with Gasteiger partial charge in [0.05, 0.1) is 5.39 Å². The van der Waals surface area contributed by atoms with Crippen molar-refractivity contribution in [3.05, 3.63) is 36.0 Å². The molecule has 6 nitrogen and oxygen atoms in total. The number of thiophene rings is 1. The monoisotopic (exact) mass is 399 g/mol. The fraction of sp³-hybridized carbons (Fsp3) is 0.524. The van der Waals surface area contributed by atoms with Crippen LogP contribution >= 0.6 is 11.3 Å². The van der Waals surface area contributed by atoms with Crippen LogP contribution in [-0.4, -0.2) is 32.1 Å². The molecule has 28 heavy (non-hydrogen) atoms. The van der Waals surface area contributed by atoms with E-state index in [2.05, 4.69) is 21.9 Å². The summed E-state index contributed by atoms with van der Waals surface area (Å²) in [5.41, 5.74) is 0. The number of hydrogen-bond acceptors (Lipinski definition) is 5. The number of unbranched alkanes of at least 4 members (excludes halogenated alkanes) is 7. The van der Waals surface area contributed by atoms with Gasteiger partial charge in [0, 0.05) is 18.9 Å². The average Bonchev–Trinajstić information content (AvgIpc) is 3.35. The van der Waals surface area contributed by atoms with E-state index in [9.17, 15) is 4.79 Å². The Hall–Kier alpha value is -2.28. The molecule has 0 N–H and O–H groups in total. The average molecular weight is 400 g/mol. The normalized spacial score (nSPS) is 11.2. The van der Waals surface area contributed by atoms with Crippen molar-refractivity contribution in [3.63, 3.8) is 0 Å². The lowest BCUT2D eigenvalue weighted by Crippen LogP contribution is -2.36. The Labute approximate surface area is 170 Å². The predicted molar refractivity (Wildman–Crippen MR) is 115 cm³/mol. The standard InChI is InChI=1S/C21H29N5OS/c1-3-4-5-6-7-8-9-10-13-26(21(27)25-14-12-22-17(25)2)19-18-11-15-28-20(18)24-16-23-19/h11-12,14-16H,3-10,13H2,1-2H3. The van der Waals surface area contributed by atoms with E-state index >= 15 is 0 Å². The summed E-state index contributed by atoms with van der Waals surface area (Å²) in [6.45, 7) is 4.73. The molecule has 150 valence electrons. The molecule has 3 rings (SSSR count). The van der Waals surface area contributed by atoms with Crippen LogP contribution in [0.5, 0.6) is 0 Å². The van der Waals surface area contributed by atoms with Gasteiger partial charge in [-0.05, 0) is 24.8 Å². The van der Waals surface area contributed by atoms with Crippen molar-refractivity contribution in [2.24, 2.45) is 0 Å². The number of hydrogen-bond donors (Lipinski definition) is 0. The highest BCUT2D eigenvalue weighted by Gasteiger charge is 2.22. The molecule has 0 saturated heterocycles. The Morgan fingerprint density at radius 2 is 1.82 bits per heavy atom. The predicted octanol–water partition coefficient (Wildman–Crippen LogP) is 5.81. The summed E-state index contributed by atoms with van der Waals surface area (Å²) in [5.74, 6) is 1.37. The SMILES string of the molecule is CCCCCCCCCCN(C(=O)n1ccnc1C)c1ncnc2sccc12. The number of aryl methyl sites for hydroxylation is 1. The van der Waals surface area contributed by atoms with Gasteiger partial charge < -0.3 is 0 Å². The smallest absolute Gasteiger partial charge is 0.277 e. The Morgan fingerprint density at radius 1 is 1.07 bits per heavy atom. The second-order valence-electron chi connectivity index (χ2n) is 7.09. The van der Waals surface area contributed by atoms with E-state index in [0.717, 1.165) is 23.1 Å². The molecule has 0 fully saturated rings. The van der Waals surface area contributed by atoms with Crippen LogP contribution in [0, 0.1) is 6.92 Å². The molecule has 0 aliphatic carbocycles. The zero-order valence-electron chi connectivity index (χ0n) is 16.8. The van der Waals surface area contributed by atoms with Crippen molar-refractivity contribution >= 4 is 33.4 Å². The molecule has 0 unspecified atom stereocenters. The highest BCUT2D eigenvalue weighted by molar-refractivity contribution is 7.16. The molecule has 1 amide bonds. The maximum absolute atomic E-state index is 13.2. The quantitative estimate of drug-likeness (QED) is 0.403. The van der Waals surface area contributed by atoms with Crippen molar-refractivity contribution in [2.75, 3.05) is 11.4 Å². The van der Waals surface area contributed by atoms with Gasteiger partial charge >= 0.3 is 6.03 Å². The Balaban J connectivity index is 1.68. The third-order valence-corrected chi connectivity index (χ3v) is 5.82. The summed E-state index contributed by atoms with van der Waals surface area (Å²) in [6.07, 6.45) is 14.7. The van der Waals surface area contributed by atoms with E-state index in [1.54, 1.807) is 39.5 Å². The number of carbonyl (C=O) groups is 1. The highest BCUT2D eigenvalue weighted by Crippen LogP contribution is 2.27. The van der Waals surface area contributed by atoms with Crippen molar-refractivity contribution in [3.8, 4) is 0 Å². The van der Waals surface area contributed by atoms with Gasteiger partial charge in [0.25, 0.3) is 0 Å². The van der Waals surface area contributed by atoms with Gasteiger partial charge in [0.1, 0.15) is 22.8 Å². The molecule has 3 aromatic heterocycles. The van der Waals surface area contributed by atoms with Crippen molar-refractivity contribution in [1.82, 2.24) is 19.5 Å². The topological polar surface area (TPSA) is 63.9 Å². The van der Waals surface area contributed by atoms with Gasteiger partial charge in [-0.25, -0.2) is 19.7 Å². The second kappa shape index (κ2) is 10.3. The lowest BCUT2D eigenvalue weighted by molar-refractivity contribution is 0.247. The molecule has 0 bridgehead atoms. The first kappa shape index (κ1) is 20.5. The lowest BCUT2D eigenvalue weighted by atomic mass is 10.1. The molecule has 3 heterocycles. The number of fused-ring (bicyclic) bond motifs is 1. The number of rotatable bonds is 10. The fourth-order valence-corrected chi connectivity index (χ4v) is 4.13. The van der Waals surface area contributed by atoms with Crippen LogP contribution in [0.15, 0.2) is 30.2 Å². The zero-order valence-corrected chi connectivity index (χ0v) is 17.6. The van der Waals surface area contributed by atoms with Gasteiger partial charge in [0.2, 0.25) is 0 Å². The Morgan fingerprint density at radius 3 is 2.54 bits per heavy atom. The molecule has 0 aliphatic heterocycles. The minimum atomic E-state index is -0.107. The van der Waals surface area contributed by atoms with E-state index in [-0.39, 0.29) is 6.03 Å². The van der Waals surface area contributed by atoms with E-state index in [0.29, 0.717) is 18.2 Å². The van der Waals surface area contributed by atoms with Gasteiger partial charge in [-0.2, -0.15) is 0 Å². The molecule has 0 aromatic carbocycles. The minimum Gasteiger partial charge on any atom is -0.277 e. The highest BCUT2D eigenvalue weighted by atomic mass is 32.1. The maximum atomic E-state index is 13.2. The molecule has 0 atom stereocenters. The molecule has 3 aromatic rings. The first-order chi connectivity index (χ1) is 13.7. The van der Waals surface area contributed by atoms with E-state index < -0.39 is 0 Å². The summed E-state index contributed by atoms with van der Waals surface area (Å²) < 4.78 is 1.59. The number of anilines is 1. The molecule has 0 saturated carbocycles. The third-order valence-electron chi connectivity index (χ3n) is 4.99. The van der Waals surface area contributed by atoms with Crippen LogP contribution in [0.25, 0.3) is 10.2 Å². The molecular formula is C21H29N5OS. The number of nitrogens with zero attached hydrogens (tertiary/aromatic N) is 5. The number of aromatic nitrogens is 4. The lowest BCUT2D eigenvalue weighted by Gasteiger charge is -2.23. The molecule has 7 heteroatoms. The Kier molecular flexibility index (Phi) is 7.54. The minimum absolute atomic E-state index is 0.107. The van der Waals surface area contributed by atoms with E-state index in [4.69, 9.17) is 0 Å². The van der Waals surface area contributed by atoms with E-state index in [1.807, 2.05) is 18.4 Å². The van der Waals surface area contributed by atoms with Gasteiger partial charge in [-0.15, -0.1) is 11.3 Å². The third kappa shape index (κ3) is 4.95. The van der Waals surface area contributed by atoms with Crippen LogP contribution in [0.2, 0.25) is 0 Å². The summed E-state index contributed by atoms with van der Waals surface area (Å²) in [5, 5.41) is 2.92. The first-order valence-electron chi connectivity index (χ1n) is 10.2. The molecule has 0 aliphatic rings. The number of amides is 1. The van der Waals surface area contributed by atoms with Gasteiger partial charge in [-0.1, -0.05) is 51.9 Å². The van der Waals surface area contributed by atoms with Crippen molar-refractivity contribution in [2.45, 2.75) is 65.2 Å². The molecule has 0 spiro atoms. The van der Waals surface area contributed by atoms with Crippen molar-refractivity contribution in [1.29, 1.82) is 0 Å². The summed E-state index contributed by atoms with van der Waals surface area (Å²) >= 11 is 1.56. The number of carbonyl (C=O) groups excluding carboxylic acids is 1. The van der Waals surface area contributed by atoms with Crippen LogP contribution < -0.4 is 4.90 Å². The second-order valence-corrected chi connectivity index (χ2v) is 7.98.